The summed E-state index contributed by atoms with van der Waals surface area (Å²) in [6.45, 7) is 8.16. The topological polar surface area (TPSA) is 58.4 Å². The molecule has 0 radical (unpaired) electrons. The van der Waals surface area contributed by atoms with Gasteiger partial charge >= 0.3 is 0 Å². The van der Waals surface area contributed by atoms with Crippen LogP contribution in [0.15, 0.2) is 54.7 Å². The number of hydrogen-bond acceptors (Lipinski definition) is 3. The Morgan fingerprint density at radius 2 is 1.88 bits per heavy atom. The lowest BCUT2D eigenvalue weighted by molar-refractivity contribution is -0.134. The predicted octanol–water partition coefficient (Wildman–Crippen LogP) is 3.87. The zero-order valence-electron chi connectivity index (χ0n) is 19.9. The van der Waals surface area contributed by atoms with Gasteiger partial charge in [-0.05, 0) is 49.4 Å². The summed E-state index contributed by atoms with van der Waals surface area (Å²) in [6.07, 6.45) is 2.23. The molecule has 6 heteroatoms. The van der Waals surface area contributed by atoms with Gasteiger partial charge in [-0.15, -0.1) is 0 Å². The Labute approximate surface area is 195 Å². The fourth-order valence-electron chi connectivity index (χ4n) is 4.62. The number of carbonyl (C=O) groups excluding carboxylic acids is 2. The number of amides is 2. The van der Waals surface area contributed by atoms with Gasteiger partial charge in [0.05, 0.1) is 17.7 Å². The number of benzene rings is 2. The van der Waals surface area contributed by atoms with E-state index >= 15 is 0 Å². The largest absolute Gasteiger partial charge is 0.341 e. The van der Waals surface area contributed by atoms with Crippen LogP contribution in [0.3, 0.4) is 0 Å². The Bertz CT molecular complexity index is 1170. The van der Waals surface area contributed by atoms with E-state index in [9.17, 15) is 9.59 Å². The van der Waals surface area contributed by atoms with E-state index in [-0.39, 0.29) is 17.7 Å². The highest BCUT2D eigenvalue weighted by Gasteiger charge is 2.33. The molecule has 0 saturated carbocycles. The summed E-state index contributed by atoms with van der Waals surface area (Å²) in [6, 6.07) is 16.7. The van der Waals surface area contributed by atoms with Crippen LogP contribution in [0.5, 0.6) is 0 Å². The minimum absolute atomic E-state index is 0.0509. The van der Waals surface area contributed by atoms with Crippen molar-refractivity contribution in [3.8, 4) is 11.1 Å². The van der Waals surface area contributed by atoms with Gasteiger partial charge in [-0.1, -0.05) is 48.5 Å². The molecule has 2 aromatic carbocycles. The third-order valence-electron chi connectivity index (χ3n) is 6.74. The van der Waals surface area contributed by atoms with Crippen molar-refractivity contribution in [2.24, 2.45) is 13.0 Å². The average Bonchev–Trinajstić information content (AvgIpc) is 3.06. The summed E-state index contributed by atoms with van der Waals surface area (Å²) in [5.74, 6) is -0.206. The minimum Gasteiger partial charge on any atom is -0.341 e. The molecule has 0 bridgehead atoms. The van der Waals surface area contributed by atoms with Crippen LogP contribution in [0.4, 0.5) is 0 Å². The zero-order valence-corrected chi connectivity index (χ0v) is 19.9. The molecule has 0 unspecified atom stereocenters. The molecule has 0 N–H and O–H groups in total. The van der Waals surface area contributed by atoms with Crippen molar-refractivity contribution in [3.05, 3.63) is 77.1 Å². The first-order valence-corrected chi connectivity index (χ1v) is 11.6. The fraction of sp³-hybridized carbons (Fsp3) is 0.370. The van der Waals surface area contributed by atoms with E-state index in [1.54, 1.807) is 10.9 Å². The van der Waals surface area contributed by atoms with E-state index in [4.69, 9.17) is 0 Å². The first-order chi connectivity index (χ1) is 15.9. The molecule has 1 aromatic heterocycles. The highest BCUT2D eigenvalue weighted by atomic mass is 16.2. The Kier molecular flexibility index (Phi) is 6.63. The van der Waals surface area contributed by atoms with Gasteiger partial charge in [0.2, 0.25) is 5.91 Å². The van der Waals surface area contributed by atoms with E-state index in [0.29, 0.717) is 38.2 Å². The Morgan fingerprint density at radius 1 is 1.09 bits per heavy atom. The molecule has 3 aromatic rings. The number of nitrogens with zero attached hydrogens (tertiary/aromatic N) is 4. The van der Waals surface area contributed by atoms with E-state index in [1.165, 1.54) is 11.1 Å². The molecule has 4 rings (SSSR count). The number of aryl methyl sites for hydroxylation is 2. The summed E-state index contributed by atoms with van der Waals surface area (Å²) in [7, 11) is 1.83. The summed E-state index contributed by atoms with van der Waals surface area (Å²) >= 11 is 0. The summed E-state index contributed by atoms with van der Waals surface area (Å²) < 4.78 is 1.71. The van der Waals surface area contributed by atoms with Gasteiger partial charge in [-0.2, -0.15) is 5.10 Å². The molecule has 1 saturated heterocycles. The quantitative estimate of drug-likeness (QED) is 0.600. The van der Waals surface area contributed by atoms with Crippen molar-refractivity contribution >= 4 is 11.8 Å². The summed E-state index contributed by atoms with van der Waals surface area (Å²) in [4.78, 5) is 30.3. The van der Waals surface area contributed by atoms with Crippen LogP contribution < -0.4 is 0 Å². The third kappa shape index (κ3) is 4.70. The Morgan fingerprint density at radius 3 is 2.58 bits per heavy atom. The molecule has 2 amide bonds. The first kappa shape index (κ1) is 22.8. The predicted molar refractivity (Wildman–Crippen MR) is 130 cm³/mol. The van der Waals surface area contributed by atoms with Gasteiger partial charge in [0.1, 0.15) is 0 Å². The van der Waals surface area contributed by atoms with Crippen LogP contribution in [0.25, 0.3) is 11.1 Å². The van der Waals surface area contributed by atoms with Crippen molar-refractivity contribution in [2.45, 2.75) is 27.2 Å². The van der Waals surface area contributed by atoms with E-state index < -0.39 is 0 Å². The molecule has 1 aliphatic rings. The van der Waals surface area contributed by atoms with Gasteiger partial charge in [0.15, 0.2) is 0 Å². The van der Waals surface area contributed by atoms with Crippen LogP contribution in [0.2, 0.25) is 0 Å². The maximum absolute atomic E-state index is 13.3. The number of likely N-dealkylation sites (N-methyl/N-ethyl adjacent to an activating group) is 1. The van der Waals surface area contributed by atoms with Crippen LogP contribution in [0.1, 0.15) is 34.1 Å². The average molecular weight is 445 g/mol. The molecular weight excluding hydrogens is 412 g/mol. The molecule has 6 nitrogen and oxygen atoms in total. The molecule has 172 valence electrons. The first-order valence-electron chi connectivity index (χ1n) is 11.6. The van der Waals surface area contributed by atoms with Crippen LogP contribution >= 0.6 is 0 Å². The standard InChI is InChI=1S/C27H32N4O2/c1-5-30-13-14-31(27(33)25-17-28-29(4)20(25)3)18-23(26(30)32)16-21-10-8-11-22(15-21)24-12-7-6-9-19(24)2/h6-12,15,17,23H,5,13-14,16,18H2,1-4H3/t23-/m0/s1. The summed E-state index contributed by atoms with van der Waals surface area (Å²) in [5, 5.41) is 4.23. The second-order valence-corrected chi connectivity index (χ2v) is 8.85. The second-order valence-electron chi connectivity index (χ2n) is 8.85. The second kappa shape index (κ2) is 9.61. The van der Waals surface area contributed by atoms with E-state index in [1.807, 2.05) is 42.8 Å². The molecule has 2 heterocycles. The zero-order chi connectivity index (χ0) is 23.5. The van der Waals surface area contributed by atoms with Crippen molar-refractivity contribution in [1.29, 1.82) is 0 Å². The Hall–Kier alpha value is -3.41. The minimum atomic E-state index is -0.277. The normalized spacial score (nSPS) is 16.7. The third-order valence-corrected chi connectivity index (χ3v) is 6.74. The van der Waals surface area contributed by atoms with Crippen molar-refractivity contribution in [2.75, 3.05) is 26.2 Å². The molecule has 1 fully saturated rings. The van der Waals surface area contributed by atoms with Gasteiger partial charge in [0, 0.05) is 38.9 Å². The highest BCUT2D eigenvalue weighted by Crippen LogP contribution is 2.26. The number of hydrogen-bond donors (Lipinski definition) is 0. The van der Waals surface area contributed by atoms with Crippen LogP contribution in [-0.2, 0) is 18.3 Å². The van der Waals surface area contributed by atoms with Crippen LogP contribution in [-0.4, -0.2) is 57.6 Å². The monoisotopic (exact) mass is 444 g/mol. The lowest BCUT2D eigenvalue weighted by atomic mass is 9.93. The molecule has 0 spiro atoms. The van der Waals surface area contributed by atoms with Gasteiger partial charge in [-0.25, -0.2) is 0 Å². The lowest BCUT2D eigenvalue weighted by Gasteiger charge is -2.23. The molecular formula is C27H32N4O2. The number of rotatable bonds is 5. The molecule has 0 aliphatic carbocycles. The van der Waals surface area contributed by atoms with Crippen LogP contribution in [0, 0.1) is 19.8 Å². The maximum Gasteiger partial charge on any atom is 0.257 e. The Balaban J connectivity index is 1.60. The van der Waals surface area contributed by atoms with Gasteiger partial charge in [0.25, 0.3) is 5.91 Å². The van der Waals surface area contributed by atoms with Gasteiger partial charge < -0.3 is 9.80 Å². The van der Waals surface area contributed by atoms with Crippen molar-refractivity contribution < 1.29 is 9.59 Å². The van der Waals surface area contributed by atoms with Gasteiger partial charge in [-0.3, -0.25) is 14.3 Å². The molecule has 1 atom stereocenters. The van der Waals surface area contributed by atoms with E-state index in [2.05, 4.69) is 48.4 Å². The molecule has 1 aliphatic heterocycles. The highest BCUT2D eigenvalue weighted by molar-refractivity contribution is 5.95. The van der Waals surface area contributed by atoms with Crippen molar-refractivity contribution in [3.63, 3.8) is 0 Å². The number of aromatic nitrogens is 2. The molecule has 33 heavy (non-hydrogen) atoms. The van der Waals surface area contributed by atoms with E-state index in [0.717, 1.165) is 16.8 Å². The lowest BCUT2D eigenvalue weighted by Crippen LogP contribution is -2.38. The maximum atomic E-state index is 13.3. The number of carbonyl (C=O) groups is 2. The fourth-order valence-corrected chi connectivity index (χ4v) is 4.62. The van der Waals surface area contributed by atoms with Crippen molar-refractivity contribution in [1.82, 2.24) is 19.6 Å². The summed E-state index contributed by atoms with van der Waals surface area (Å²) in [5.41, 5.74) is 6.13. The smallest absolute Gasteiger partial charge is 0.257 e. The SMILES string of the molecule is CCN1CCN(C(=O)c2cnn(C)c2C)C[C@H](Cc2cccc(-c3ccccc3C)c2)C1=O.